The number of aromatic amines is 1. The van der Waals surface area contributed by atoms with Crippen molar-refractivity contribution in [3.63, 3.8) is 0 Å². The maximum atomic E-state index is 5.48. The molecule has 2 aromatic rings. The molecule has 1 aromatic heterocycles. The van der Waals surface area contributed by atoms with Crippen molar-refractivity contribution in [2.45, 2.75) is 0 Å². The molecule has 2 nitrogen and oxygen atoms in total. The summed E-state index contributed by atoms with van der Waals surface area (Å²) < 4.78 is 1.01. The Morgan fingerprint density at radius 1 is 1.50 bits per heavy atom. The number of nitrogens with zero attached hydrogens (tertiary/aromatic N) is 1. The van der Waals surface area contributed by atoms with E-state index >= 15 is 0 Å². The minimum Gasteiger partial charge on any atom is -0.269 e. The maximum absolute atomic E-state index is 5.48. The zero-order valence-electron chi connectivity index (χ0n) is 7.14. The van der Waals surface area contributed by atoms with Gasteiger partial charge in [-0.25, -0.2) is 0 Å². The molecular formula is C10H6BrClN2. The summed E-state index contributed by atoms with van der Waals surface area (Å²) in [6, 6.07) is 5.88. The Balaban J connectivity index is 2.58. The first kappa shape index (κ1) is 9.57. The van der Waals surface area contributed by atoms with E-state index in [-0.39, 0.29) is 0 Å². The molecule has 0 aliphatic heterocycles. The molecule has 0 aliphatic carbocycles. The average Bonchev–Trinajstić information content (AvgIpc) is 2.57. The molecule has 0 saturated carbocycles. The molecule has 0 aliphatic rings. The van der Waals surface area contributed by atoms with Gasteiger partial charge in [0.05, 0.1) is 11.4 Å². The van der Waals surface area contributed by atoms with Crippen LogP contribution in [0, 0.1) is 11.8 Å². The lowest BCUT2D eigenvalue weighted by molar-refractivity contribution is 1.10. The fraction of sp³-hybridized carbons (Fsp3) is 0.100. The van der Waals surface area contributed by atoms with Gasteiger partial charge >= 0.3 is 0 Å². The number of H-pyrrole nitrogens is 1. The van der Waals surface area contributed by atoms with E-state index in [4.69, 9.17) is 11.6 Å². The van der Waals surface area contributed by atoms with Gasteiger partial charge in [0.1, 0.15) is 5.69 Å². The van der Waals surface area contributed by atoms with Crippen molar-refractivity contribution in [2.75, 3.05) is 5.88 Å². The molecule has 0 radical (unpaired) electrons. The van der Waals surface area contributed by atoms with Gasteiger partial charge < -0.3 is 0 Å². The van der Waals surface area contributed by atoms with E-state index in [1.165, 1.54) is 0 Å². The van der Waals surface area contributed by atoms with E-state index < -0.39 is 0 Å². The summed E-state index contributed by atoms with van der Waals surface area (Å²) in [5, 5.41) is 8.02. The van der Waals surface area contributed by atoms with Crippen molar-refractivity contribution in [3.8, 4) is 11.8 Å². The number of halogens is 2. The number of hydrogen-bond donors (Lipinski definition) is 1. The molecule has 4 heteroatoms. The van der Waals surface area contributed by atoms with Gasteiger partial charge in [0, 0.05) is 9.86 Å². The van der Waals surface area contributed by atoms with Crippen LogP contribution in [-0.4, -0.2) is 16.1 Å². The van der Waals surface area contributed by atoms with Crippen molar-refractivity contribution in [1.29, 1.82) is 0 Å². The first-order chi connectivity index (χ1) is 6.81. The molecule has 1 heterocycles. The van der Waals surface area contributed by atoms with Crippen LogP contribution in [0.1, 0.15) is 5.69 Å². The predicted molar refractivity (Wildman–Crippen MR) is 61.4 cm³/mol. The molecule has 1 N–H and O–H groups in total. The summed E-state index contributed by atoms with van der Waals surface area (Å²) in [6.45, 7) is 0. The van der Waals surface area contributed by atoms with Crippen molar-refractivity contribution >= 4 is 38.4 Å². The van der Waals surface area contributed by atoms with Gasteiger partial charge in [0.25, 0.3) is 0 Å². The van der Waals surface area contributed by atoms with Crippen LogP contribution < -0.4 is 0 Å². The fourth-order valence-electron chi connectivity index (χ4n) is 1.20. The molecule has 0 saturated heterocycles. The molecule has 70 valence electrons. The molecule has 0 spiro atoms. The van der Waals surface area contributed by atoms with Crippen LogP contribution in [0.15, 0.2) is 22.7 Å². The summed E-state index contributed by atoms with van der Waals surface area (Å²) in [7, 11) is 0. The van der Waals surface area contributed by atoms with Gasteiger partial charge in [-0.2, -0.15) is 5.10 Å². The van der Waals surface area contributed by atoms with Gasteiger partial charge in [0.2, 0.25) is 0 Å². The van der Waals surface area contributed by atoms with Crippen LogP contribution in [0.2, 0.25) is 0 Å². The summed E-state index contributed by atoms with van der Waals surface area (Å²) in [5.74, 6) is 6.04. The Bertz CT molecular complexity index is 522. The zero-order valence-corrected chi connectivity index (χ0v) is 9.48. The minimum atomic E-state index is 0.330. The van der Waals surface area contributed by atoms with Crippen LogP contribution in [0.3, 0.4) is 0 Å². The van der Waals surface area contributed by atoms with Crippen LogP contribution >= 0.6 is 27.5 Å². The van der Waals surface area contributed by atoms with Gasteiger partial charge in [-0.1, -0.05) is 21.9 Å². The fourth-order valence-corrected chi connectivity index (χ4v) is 1.62. The van der Waals surface area contributed by atoms with Crippen molar-refractivity contribution in [3.05, 3.63) is 28.4 Å². The van der Waals surface area contributed by atoms with Crippen molar-refractivity contribution in [2.24, 2.45) is 0 Å². The Hall–Kier alpha value is -0.980. The zero-order chi connectivity index (χ0) is 9.97. The van der Waals surface area contributed by atoms with Gasteiger partial charge in [0.15, 0.2) is 0 Å². The van der Waals surface area contributed by atoms with Crippen LogP contribution in [0.25, 0.3) is 10.9 Å². The number of rotatable bonds is 0. The first-order valence-corrected chi connectivity index (χ1v) is 5.32. The molecule has 0 fully saturated rings. The molecular weight excluding hydrogens is 263 g/mol. The van der Waals surface area contributed by atoms with Crippen molar-refractivity contribution < 1.29 is 0 Å². The third-order valence-electron chi connectivity index (χ3n) is 1.80. The highest BCUT2D eigenvalue weighted by Gasteiger charge is 2.02. The van der Waals surface area contributed by atoms with Gasteiger partial charge in [-0.3, -0.25) is 5.10 Å². The number of hydrogen-bond acceptors (Lipinski definition) is 1. The monoisotopic (exact) mass is 268 g/mol. The minimum absolute atomic E-state index is 0.330. The summed E-state index contributed by atoms with van der Waals surface area (Å²) in [6.07, 6.45) is 0. The second kappa shape index (κ2) is 4.04. The Kier molecular flexibility index (Phi) is 2.76. The maximum Gasteiger partial charge on any atom is 0.115 e. The van der Waals surface area contributed by atoms with E-state index in [1.54, 1.807) is 0 Å². The SMILES string of the molecule is ClCC#Cc1[nH]nc2cc(Br)ccc12. The number of aromatic nitrogens is 2. The lowest BCUT2D eigenvalue weighted by atomic mass is 10.2. The molecule has 0 atom stereocenters. The average molecular weight is 270 g/mol. The van der Waals surface area contributed by atoms with E-state index in [9.17, 15) is 0 Å². The number of alkyl halides is 1. The lowest BCUT2D eigenvalue weighted by Gasteiger charge is -1.89. The van der Waals surface area contributed by atoms with E-state index in [1.807, 2.05) is 18.2 Å². The topological polar surface area (TPSA) is 28.7 Å². The molecule has 0 unspecified atom stereocenters. The number of fused-ring (bicyclic) bond motifs is 1. The quantitative estimate of drug-likeness (QED) is 0.578. The molecule has 0 bridgehead atoms. The van der Waals surface area contributed by atoms with Crippen LogP contribution in [0.5, 0.6) is 0 Å². The smallest absolute Gasteiger partial charge is 0.115 e. The summed E-state index contributed by atoms with van der Waals surface area (Å²) in [4.78, 5) is 0. The Morgan fingerprint density at radius 2 is 2.36 bits per heavy atom. The van der Waals surface area contributed by atoms with E-state index in [0.29, 0.717) is 5.88 Å². The molecule has 2 rings (SSSR count). The predicted octanol–water partition coefficient (Wildman–Crippen LogP) is 2.92. The van der Waals surface area contributed by atoms with Gasteiger partial charge in [-0.15, -0.1) is 11.6 Å². The highest BCUT2D eigenvalue weighted by Crippen LogP contribution is 2.19. The third-order valence-corrected chi connectivity index (χ3v) is 2.42. The standard InChI is InChI=1S/C10H6BrClN2/c11-7-3-4-8-9(2-1-5-12)13-14-10(8)6-7/h3-4,6H,5H2,(H,13,14). The van der Waals surface area contributed by atoms with Crippen molar-refractivity contribution in [1.82, 2.24) is 10.2 Å². The third kappa shape index (κ3) is 1.77. The first-order valence-electron chi connectivity index (χ1n) is 4.00. The van der Waals surface area contributed by atoms with Crippen LogP contribution in [0.4, 0.5) is 0 Å². The number of nitrogens with one attached hydrogen (secondary N) is 1. The second-order valence-corrected chi connectivity index (χ2v) is 3.88. The largest absolute Gasteiger partial charge is 0.269 e. The summed E-state index contributed by atoms with van der Waals surface area (Å²) in [5.41, 5.74) is 1.71. The normalized spacial score (nSPS) is 9.86. The molecule has 1 aromatic carbocycles. The highest BCUT2D eigenvalue weighted by atomic mass is 79.9. The molecule has 0 amide bonds. The second-order valence-electron chi connectivity index (χ2n) is 2.70. The van der Waals surface area contributed by atoms with Crippen LogP contribution in [-0.2, 0) is 0 Å². The Morgan fingerprint density at radius 3 is 3.14 bits per heavy atom. The lowest BCUT2D eigenvalue weighted by Crippen LogP contribution is -1.74. The van der Waals surface area contributed by atoms with E-state index in [2.05, 4.69) is 38.0 Å². The van der Waals surface area contributed by atoms with Gasteiger partial charge in [-0.05, 0) is 24.1 Å². The molecule has 14 heavy (non-hydrogen) atoms. The highest BCUT2D eigenvalue weighted by molar-refractivity contribution is 9.10. The number of benzene rings is 1. The summed E-state index contributed by atoms with van der Waals surface area (Å²) >= 11 is 8.86. The Labute approximate surface area is 94.8 Å². The van der Waals surface area contributed by atoms with E-state index in [0.717, 1.165) is 21.1 Å².